The summed E-state index contributed by atoms with van der Waals surface area (Å²) in [6.07, 6.45) is 0.845. The van der Waals surface area contributed by atoms with Crippen LogP contribution in [0, 0.1) is 0 Å². The summed E-state index contributed by atoms with van der Waals surface area (Å²) in [7, 11) is 0. The van der Waals surface area contributed by atoms with Crippen LogP contribution in [0.2, 0.25) is 5.02 Å². The monoisotopic (exact) mass is 266 g/mol. The van der Waals surface area contributed by atoms with Crippen LogP contribution in [0.5, 0.6) is 5.88 Å². The molecule has 0 atom stereocenters. The molecule has 18 heavy (non-hydrogen) atoms. The lowest BCUT2D eigenvalue weighted by molar-refractivity contribution is 0.318. The Bertz CT molecular complexity index is 622. The highest BCUT2D eigenvalue weighted by Crippen LogP contribution is 2.24. The van der Waals surface area contributed by atoms with E-state index in [2.05, 4.69) is 5.10 Å². The Kier molecular flexibility index (Phi) is 3.87. The first-order valence-electron chi connectivity index (χ1n) is 6.00. The SMILES string of the molecule is CCCn1nc(OCC)c2cc(Cl)ccc2c1=O. The van der Waals surface area contributed by atoms with Gasteiger partial charge in [0.15, 0.2) is 0 Å². The molecular weight excluding hydrogens is 252 g/mol. The Labute approximate surface area is 110 Å². The third-order valence-corrected chi connectivity index (χ3v) is 2.84. The predicted octanol–water partition coefficient (Wildman–Crippen LogP) is 2.86. The van der Waals surface area contributed by atoms with Crippen molar-refractivity contribution < 1.29 is 4.74 Å². The van der Waals surface area contributed by atoms with Crippen LogP contribution in [0.25, 0.3) is 10.8 Å². The minimum Gasteiger partial charge on any atom is -0.477 e. The van der Waals surface area contributed by atoms with Crippen LogP contribution in [-0.4, -0.2) is 16.4 Å². The van der Waals surface area contributed by atoms with Gasteiger partial charge in [0.2, 0.25) is 5.88 Å². The molecule has 96 valence electrons. The zero-order chi connectivity index (χ0) is 13.1. The van der Waals surface area contributed by atoms with Crippen molar-refractivity contribution in [3.63, 3.8) is 0 Å². The van der Waals surface area contributed by atoms with E-state index >= 15 is 0 Å². The molecule has 4 nitrogen and oxygen atoms in total. The maximum atomic E-state index is 12.2. The lowest BCUT2D eigenvalue weighted by Gasteiger charge is -2.10. The second kappa shape index (κ2) is 5.40. The Balaban J connectivity index is 2.74. The van der Waals surface area contributed by atoms with Crippen molar-refractivity contribution in [3.05, 3.63) is 33.6 Å². The molecule has 0 N–H and O–H groups in total. The molecule has 1 aromatic carbocycles. The van der Waals surface area contributed by atoms with Gasteiger partial charge < -0.3 is 4.74 Å². The first-order valence-corrected chi connectivity index (χ1v) is 6.38. The molecule has 0 spiro atoms. The molecule has 0 radical (unpaired) electrons. The number of ether oxygens (including phenoxy) is 1. The van der Waals surface area contributed by atoms with Crippen LogP contribution in [-0.2, 0) is 6.54 Å². The number of hydrogen-bond acceptors (Lipinski definition) is 3. The molecule has 1 heterocycles. The topological polar surface area (TPSA) is 44.1 Å². The first-order chi connectivity index (χ1) is 8.67. The smallest absolute Gasteiger partial charge is 0.274 e. The van der Waals surface area contributed by atoms with Crippen molar-refractivity contribution in [3.8, 4) is 5.88 Å². The summed E-state index contributed by atoms with van der Waals surface area (Å²) in [5.74, 6) is 0.461. The van der Waals surface area contributed by atoms with Gasteiger partial charge in [0.1, 0.15) is 0 Å². The summed E-state index contributed by atoms with van der Waals surface area (Å²) in [4.78, 5) is 12.2. The van der Waals surface area contributed by atoms with E-state index in [1.165, 1.54) is 4.68 Å². The highest BCUT2D eigenvalue weighted by Gasteiger charge is 2.11. The fourth-order valence-electron chi connectivity index (χ4n) is 1.83. The Hall–Kier alpha value is -1.55. The molecule has 2 rings (SSSR count). The molecule has 0 saturated heterocycles. The lowest BCUT2D eigenvalue weighted by Crippen LogP contribution is -2.23. The number of hydrogen-bond donors (Lipinski definition) is 0. The molecule has 0 amide bonds. The molecule has 0 bridgehead atoms. The molecule has 0 aliphatic carbocycles. The summed E-state index contributed by atoms with van der Waals surface area (Å²) in [6, 6.07) is 5.14. The van der Waals surface area contributed by atoms with Crippen molar-refractivity contribution in [2.75, 3.05) is 6.61 Å². The Morgan fingerprint density at radius 1 is 1.33 bits per heavy atom. The number of fused-ring (bicyclic) bond motifs is 1. The number of halogens is 1. The van der Waals surface area contributed by atoms with Crippen molar-refractivity contribution >= 4 is 22.4 Å². The van der Waals surface area contributed by atoms with E-state index < -0.39 is 0 Å². The minimum atomic E-state index is -0.105. The average Bonchev–Trinajstić information content (AvgIpc) is 2.35. The van der Waals surface area contributed by atoms with Gasteiger partial charge in [-0.2, -0.15) is 0 Å². The quantitative estimate of drug-likeness (QED) is 0.855. The van der Waals surface area contributed by atoms with Gasteiger partial charge in [-0.05, 0) is 31.5 Å². The molecule has 0 aliphatic heterocycles. The number of aromatic nitrogens is 2. The highest BCUT2D eigenvalue weighted by atomic mass is 35.5. The Morgan fingerprint density at radius 2 is 2.11 bits per heavy atom. The van der Waals surface area contributed by atoms with E-state index in [0.717, 1.165) is 6.42 Å². The van der Waals surface area contributed by atoms with E-state index in [-0.39, 0.29) is 5.56 Å². The fourth-order valence-corrected chi connectivity index (χ4v) is 2.01. The maximum absolute atomic E-state index is 12.2. The number of rotatable bonds is 4. The van der Waals surface area contributed by atoms with Gasteiger partial charge >= 0.3 is 0 Å². The van der Waals surface area contributed by atoms with E-state index in [4.69, 9.17) is 16.3 Å². The minimum absolute atomic E-state index is 0.105. The van der Waals surface area contributed by atoms with Gasteiger partial charge in [-0.1, -0.05) is 18.5 Å². The second-order valence-electron chi connectivity index (χ2n) is 3.96. The van der Waals surface area contributed by atoms with Crippen molar-refractivity contribution in [1.29, 1.82) is 0 Å². The summed E-state index contributed by atoms with van der Waals surface area (Å²) >= 11 is 5.95. The molecular formula is C13H15ClN2O2. The van der Waals surface area contributed by atoms with Gasteiger partial charge in [-0.15, -0.1) is 5.10 Å². The molecule has 0 unspecified atom stereocenters. The van der Waals surface area contributed by atoms with Gasteiger partial charge in [-0.25, -0.2) is 4.68 Å². The number of nitrogens with zero attached hydrogens (tertiary/aromatic N) is 2. The van der Waals surface area contributed by atoms with Crippen molar-refractivity contribution in [1.82, 2.24) is 9.78 Å². The van der Waals surface area contributed by atoms with E-state index in [0.29, 0.717) is 34.8 Å². The van der Waals surface area contributed by atoms with Crippen LogP contribution in [0.4, 0.5) is 0 Å². The second-order valence-corrected chi connectivity index (χ2v) is 4.39. The van der Waals surface area contributed by atoms with Crippen LogP contribution in [0.1, 0.15) is 20.3 Å². The third kappa shape index (κ3) is 2.34. The molecule has 1 aromatic heterocycles. The standard InChI is InChI=1S/C13H15ClN2O2/c1-3-7-16-13(17)10-6-5-9(14)8-11(10)12(15-16)18-4-2/h5-6,8H,3-4,7H2,1-2H3. The van der Waals surface area contributed by atoms with Gasteiger partial charge in [0.25, 0.3) is 5.56 Å². The van der Waals surface area contributed by atoms with Gasteiger partial charge in [0.05, 0.1) is 17.4 Å². The van der Waals surface area contributed by atoms with Crippen LogP contribution in [0.3, 0.4) is 0 Å². The Morgan fingerprint density at radius 3 is 2.78 bits per heavy atom. The molecule has 0 aliphatic rings. The first kappa shape index (κ1) is 12.9. The number of aryl methyl sites for hydroxylation is 1. The molecule has 0 fully saturated rings. The van der Waals surface area contributed by atoms with Crippen LogP contribution < -0.4 is 10.3 Å². The highest BCUT2D eigenvalue weighted by molar-refractivity contribution is 6.31. The zero-order valence-corrected chi connectivity index (χ0v) is 11.2. The van der Waals surface area contributed by atoms with Crippen LogP contribution in [0.15, 0.2) is 23.0 Å². The lowest BCUT2D eigenvalue weighted by atomic mass is 10.2. The zero-order valence-electron chi connectivity index (χ0n) is 10.4. The van der Waals surface area contributed by atoms with E-state index in [1.54, 1.807) is 18.2 Å². The molecule has 5 heteroatoms. The summed E-state index contributed by atoms with van der Waals surface area (Å²) in [6.45, 7) is 4.96. The maximum Gasteiger partial charge on any atom is 0.274 e. The fraction of sp³-hybridized carbons (Fsp3) is 0.385. The average molecular weight is 267 g/mol. The van der Waals surface area contributed by atoms with Crippen molar-refractivity contribution in [2.24, 2.45) is 0 Å². The summed E-state index contributed by atoms with van der Waals surface area (Å²) < 4.78 is 6.93. The largest absolute Gasteiger partial charge is 0.477 e. The molecule has 2 aromatic rings. The third-order valence-electron chi connectivity index (χ3n) is 2.60. The normalized spacial score (nSPS) is 10.8. The van der Waals surface area contributed by atoms with Crippen LogP contribution >= 0.6 is 11.6 Å². The van der Waals surface area contributed by atoms with Gasteiger partial charge in [0, 0.05) is 11.6 Å². The molecule has 0 saturated carbocycles. The van der Waals surface area contributed by atoms with E-state index in [1.807, 2.05) is 13.8 Å². The summed E-state index contributed by atoms with van der Waals surface area (Å²) in [5, 5.41) is 6.07. The van der Waals surface area contributed by atoms with Crippen molar-refractivity contribution in [2.45, 2.75) is 26.8 Å². The van der Waals surface area contributed by atoms with E-state index in [9.17, 15) is 4.79 Å². The predicted molar refractivity (Wildman–Crippen MR) is 72.5 cm³/mol. The summed E-state index contributed by atoms with van der Waals surface area (Å²) in [5.41, 5.74) is -0.105. The number of benzene rings is 1. The van der Waals surface area contributed by atoms with Gasteiger partial charge in [-0.3, -0.25) is 4.79 Å².